The van der Waals surface area contributed by atoms with E-state index in [1.165, 1.54) is 6.92 Å². The molecule has 0 aliphatic heterocycles. The molecule has 2 N–H and O–H groups in total. The molecule has 0 saturated heterocycles. The first kappa shape index (κ1) is 15.3. The molecule has 1 aromatic rings. The Hall–Kier alpha value is -1.75. The fourth-order valence-electron chi connectivity index (χ4n) is 1.76. The van der Waals surface area contributed by atoms with Crippen LogP contribution in [0.4, 0.5) is 0 Å². The number of carboxylic acids is 1. The molecule has 19 heavy (non-hydrogen) atoms. The summed E-state index contributed by atoms with van der Waals surface area (Å²) in [5, 5.41) is 12.2. The number of carboxylic acid groups (broad SMARTS) is 1. The molecular formula is C14H21NO4. The first-order valence-electron chi connectivity index (χ1n) is 6.30. The molecule has 1 rings (SSSR count). The smallest absolute Gasteiger partial charge is 0.344 e. The monoisotopic (exact) mass is 267 g/mol. The van der Waals surface area contributed by atoms with Crippen LogP contribution in [0.15, 0.2) is 18.2 Å². The zero-order valence-electron chi connectivity index (χ0n) is 11.8. The summed E-state index contributed by atoms with van der Waals surface area (Å²) in [4.78, 5) is 10.9. The normalized spacial score (nSPS) is 13.7. The molecule has 1 aromatic carbocycles. The zero-order valence-corrected chi connectivity index (χ0v) is 11.8. The predicted octanol–water partition coefficient (Wildman–Crippen LogP) is 2.22. The Morgan fingerprint density at radius 1 is 1.42 bits per heavy atom. The molecule has 2 unspecified atom stereocenters. The molecule has 0 spiro atoms. The number of carbonyl (C=O) groups is 1. The second-order valence-electron chi connectivity index (χ2n) is 4.28. The lowest BCUT2D eigenvalue weighted by Crippen LogP contribution is -2.25. The van der Waals surface area contributed by atoms with Crippen molar-refractivity contribution in [2.24, 2.45) is 0 Å². The highest BCUT2D eigenvalue weighted by atomic mass is 16.5. The highest BCUT2D eigenvalue weighted by molar-refractivity contribution is 5.72. The molecule has 5 heteroatoms. The van der Waals surface area contributed by atoms with Gasteiger partial charge in [-0.1, -0.05) is 13.0 Å². The summed E-state index contributed by atoms with van der Waals surface area (Å²) in [6.07, 6.45) is -0.903. The van der Waals surface area contributed by atoms with E-state index in [0.29, 0.717) is 11.5 Å². The van der Waals surface area contributed by atoms with Gasteiger partial charge in [-0.3, -0.25) is 0 Å². The van der Waals surface area contributed by atoms with Gasteiger partial charge in [0.1, 0.15) is 11.5 Å². The second-order valence-corrected chi connectivity index (χ2v) is 4.28. The molecule has 0 aliphatic carbocycles. The van der Waals surface area contributed by atoms with E-state index < -0.39 is 12.1 Å². The SMILES string of the molecule is CCNC(C)c1ccc(OC)cc1OC(C)C(=O)O. The van der Waals surface area contributed by atoms with Crippen molar-refractivity contribution >= 4 is 5.97 Å². The Labute approximate surface area is 113 Å². The van der Waals surface area contributed by atoms with Crippen molar-refractivity contribution in [2.45, 2.75) is 32.9 Å². The highest BCUT2D eigenvalue weighted by Crippen LogP contribution is 2.30. The van der Waals surface area contributed by atoms with Crippen molar-refractivity contribution in [1.82, 2.24) is 5.32 Å². The van der Waals surface area contributed by atoms with Gasteiger partial charge in [-0.05, 0) is 26.5 Å². The predicted molar refractivity (Wildman–Crippen MR) is 72.8 cm³/mol. The maximum Gasteiger partial charge on any atom is 0.344 e. The van der Waals surface area contributed by atoms with Gasteiger partial charge in [0.25, 0.3) is 0 Å². The van der Waals surface area contributed by atoms with Gasteiger partial charge in [-0.25, -0.2) is 4.79 Å². The van der Waals surface area contributed by atoms with Gasteiger partial charge in [0, 0.05) is 17.7 Å². The van der Waals surface area contributed by atoms with Crippen LogP contribution in [0.3, 0.4) is 0 Å². The zero-order chi connectivity index (χ0) is 14.4. The van der Waals surface area contributed by atoms with Crippen molar-refractivity contribution in [3.8, 4) is 11.5 Å². The van der Waals surface area contributed by atoms with Gasteiger partial charge >= 0.3 is 5.97 Å². The van der Waals surface area contributed by atoms with Gasteiger partial charge in [-0.2, -0.15) is 0 Å². The van der Waals surface area contributed by atoms with Crippen molar-refractivity contribution in [1.29, 1.82) is 0 Å². The quantitative estimate of drug-likeness (QED) is 0.793. The first-order chi connectivity index (χ1) is 8.99. The Balaban J connectivity index is 3.05. The van der Waals surface area contributed by atoms with Gasteiger partial charge < -0.3 is 19.9 Å². The number of benzene rings is 1. The van der Waals surface area contributed by atoms with E-state index in [0.717, 1.165) is 12.1 Å². The minimum absolute atomic E-state index is 0.0758. The molecule has 0 bridgehead atoms. The molecular weight excluding hydrogens is 246 g/mol. The number of nitrogens with one attached hydrogen (secondary N) is 1. The molecule has 0 aromatic heterocycles. The van der Waals surface area contributed by atoms with Crippen LogP contribution in [-0.4, -0.2) is 30.8 Å². The number of hydrogen-bond donors (Lipinski definition) is 2. The summed E-state index contributed by atoms with van der Waals surface area (Å²) in [6, 6.07) is 5.51. The first-order valence-corrected chi connectivity index (χ1v) is 6.30. The molecule has 106 valence electrons. The van der Waals surface area contributed by atoms with E-state index in [1.54, 1.807) is 13.2 Å². The fourth-order valence-corrected chi connectivity index (χ4v) is 1.76. The molecule has 5 nitrogen and oxygen atoms in total. The van der Waals surface area contributed by atoms with Crippen molar-refractivity contribution in [3.63, 3.8) is 0 Å². The summed E-state index contributed by atoms with van der Waals surface area (Å²) in [7, 11) is 1.56. The average Bonchev–Trinajstić information content (AvgIpc) is 2.38. The van der Waals surface area contributed by atoms with Crippen LogP contribution in [0.2, 0.25) is 0 Å². The van der Waals surface area contributed by atoms with E-state index in [-0.39, 0.29) is 6.04 Å². The molecule has 2 atom stereocenters. The van der Waals surface area contributed by atoms with Crippen LogP contribution in [0.1, 0.15) is 32.4 Å². The maximum absolute atomic E-state index is 10.9. The summed E-state index contributed by atoms with van der Waals surface area (Å²) < 4.78 is 10.6. The third-order valence-corrected chi connectivity index (χ3v) is 2.85. The Morgan fingerprint density at radius 3 is 2.63 bits per heavy atom. The highest BCUT2D eigenvalue weighted by Gasteiger charge is 2.18. The van der Waals surface area contributed by atoms with Crippen LogP contribution >= 0.6 is 0 Å². The lowest BCUT2D eigenvalue weighted by Gasteiger charge is -2.20. The number of aliphatic carboxylic acids is 1. The van der Waals surface area contributed by atoms with Crippen molar-refractivity contribution < 1.29 is 19.4 Å². The van der Waals surface area contributed by atoms with Crippen LogP contribution in [-0.2, 0) is 4.79 Å². The van der Waals surface area contributed by atoms with Gasteiger partial charge in [-0.15, -0.1) is 0 Å². The molecule has 0 saturated carbocycles. The Bertz CT molecular complexity index is 433. The molecule has 0 aliphatic rings. The van der Waals surface area contributed by atoms with E-state index >= 15 is 0 Å². The molecule has 0 heterocycles. The number of hydrogen-bond acceptors (Lipinski definition) is 4. The van der Waals surface area contributed by atoms with E-state index in [9.17, 15) is 4.79 Å². The topological polar surface area (TPSA) is 67.8 Å². The third kappa shape index (κ3) is 4.13. The summed E-state index contributed by atoms with van der Waals surface area (Å²) >= 11 is 0. The lowest BCUT2D eigenvalue weighted by molar-refractivity contribution is -0.144. The van der Waals surface area contributed by atoms with Gasteiger partial charge in [0.15, 0.2) is 6.10 Å². The summed E-state index contributed by atoms with van der Waals surface area (Å²) in [5.41, 5.74) is 0.913. The largest absolute Gasteiger partial charge is 0.497 e. The lowest BCUT2D eigenvalue weighted by atomic mass is 10.1. The molecule has 0 amide bonds. The van der Waals surface area contributed by atoms with Crippen LogP contribution in [0.25, 0.3) is 0 Å². The summed E-state index contributed by atoms with van der Waals surface area (Å²) in [5.74, 6) is 0.174. The standard InChI is InChI=1S/C14H21NO4/c1-5-15-9(2)12-7-6-11(18-4)8-13(12)19-10(3)14(16)17/h6-10,15H,5H2,1-4H3,(H,16,17). The van der Waals surface area contributed by atoms with Crippen LogP contribution in [0.5, 0.6) is 11.5 Å². The van der Waals surface area contributed by atoms with Crippen molar-refractivity contribution in [3.05, 3.63) is 23.8 Å². The summed E-state index contributed by atoms with van der Waals surface area (Å²) in [6.45, 7) is 6.34. The second kappa shape index (κ2) is 6.99. The third-order valence-electron chi connectivity index (χ3n) is 2.85. The Morgan fingerprint density at radius 2 is 2.11 bits per heavy atom. The van der Waals surface area contributed by atoms with E-state index in [1.807, 2.05) is 26.0 Å². The van der Waals surface area contributed by atoms with E-state index in [2.05, 4.69) is 5.32 Å². The molecule has 0 fully saturated rings. The number of rotatable bonds is 7. The fraction of sp³-hybridized carbons (Fsp3) is 0.500. The van der Waals surface area contributed by atoms with Crippen molar-refractivity contribution in [2.75, 3.05) is 13.7 Å². The number of ether oxygens (including phenoxy) is 2. The van der Waals surface area contributed by atoms with E-state index in [4.69, 9.17) is 14.6 Å². The van der Waals surface area contributed by atoms with Crippen LogP contribution in [0, 0.1) is 0 Å². The van der Waals surface area contributed by atoms with Gasteiger partial charge in [0.2, 0.25) is 0 Å². The van der Waals surface area contributed by atoms with Crippen LogP contribution < -0.4 is 14.8 Å². The average molecular weight is 267 g/mol. The Kier molecular flexibility index (Phi) is 5.63. The molecule has 0 radical (unpaired) electrons. The minimum atomic E-state index is -0.995. The minimum Gasteiger partial charge on any atom is -0.497 e. The number of methoxy groups -OCH3 is 1. The maximum atomic E-state index is 10.9. The van der Waals surface area contributed by atoms with Gasteiger partial charge in [0.05, 0.1) is 7.11 Å².